The first-order valence-electron chi connectivity index (χ1n) is 6.01. The van der Waals surface area contributed by atoms with Gasteiger partial charge < -0.3 is 0 Å². The fourth-order valence-corrected chi connectivity index (χ4v) is 2.24. The third-order valence-corrected chi connectivity index (χ3v) is 3.20. The fraction of sp³-hybridized carbons (Fsp3) is 0.667. The highest BCUT2D eigenvalue weighted by Crippen LogP contribution is 2.21. The molecular weight excluding hydrogens is 200 g/mol. The molecule has 1 heterocycles. The van der Waals surface area contributed by atoms with Crippen molar-refractivity contribution >= 4 is 0 Å². The first kappa shape index (κ1) is 11.2. The second-order valence-electron chi connectivity index (χ2n) is 4.34. The van der Waals surface area contributed by atoms with Crippen molar-refractivity contribution in [3.05, 3.63) is 18.0 Å². The zero-order chi connectivity index (χ0) is 11.4. The van der Waals surface area contributed by atoms with Crippen LogP contribution in [0.2, 0.25) is 0 Å². The van der Waals surface area contributed by atoms with E-state index in [9.17, 15) is 5.26 Å². The zero-order valence-electron chi connectivity index (χ0n) is 9.69. The second kappa shape index (κ2) is 5.13. The van der Waals surface area contributed by atoms with Gasteiger partial charge in [0.1, 0.15) is 6.04 Å². The Balaban J connectivity index is 2.01. The van der Waals surface area contributed by atoms with Crippen molar-refractivity contribution in [3.8, 4) is 6.07 Å². The third kappa shape index (κ3) is 2.42. The molecule has 0 aliphatic heterocycles. The van der Waals surface area contributed by atoms with Crippen molar-refractivity contribution in [1.29, 1.82) is 5.26 Å². The lowest BCUT2D eigenvalue weighted by molar-refractivity contribution is 0.492. The number of hydrogen-bond donors (Lipinski definition) is 1. The highest BCUT2D eigenvalue weighted by Gasteiger charge is 2.20. The van der Waals surface area contributed by atoms with Crippen LogP contribution in [0, 0.1) is 11.3 Å². The summed E-state index contributed by atoms with van der Waals surface area (Å²) in [6.07, 6.45) is 8.70. The van der Waals surface area contributed by atoms with Gasteiger partial charge in [-0.2, -0.15) is 10.4 Å². The Hall–Kier alpha value is -1.34. The number of hydrogen-bond acceptors (Lipinski definition) is 3. The van der Waals surface area contributed by atoms with Crippen LogP contribution in [-0.2, 0) is 6.54 Å². The average molecular weight is 218 g/mol. The minimum atomic E-state index is -0.205. The number of nitriles is 1. The Kier molecular flexibility index (Phi) is 3.58. The van der Waals surface area contributed by atoms with E-state index in [2.05, 4.69) is 16.5 Å². The standard InChI is InChI=1S/C12H18N4/c1-2-16-9-10(8-14-16)12(7-13)15-11-5-3-4-6-11/h8-9,11-12,15H,2-6H2,1H3. The molecule has 16 heavy (non-hydrogen) atoms. The summed E-state index contributed by atoms with van der Waals surface area (Å²) < 4.78 is 1.86. The molecule has 1 fully saturated rings. The number of aromatic nitrogens is 2. The van der Waals surface area contributed by atoms with Gasteiger partial charge >= 0.3 is 0 Å². The van der Waals surface area contributed by atoms with Gasteiger partial charge in [0.15, 0.2) is 0 Å². The molecule has 1 aliphatic carbocycles. The average Bonchev–Trinajstić information content (AvgIpc) is 2.96. The highest BCUT2D eigenvalue weighted by molar-refractivity contribution is 5.18. The van der Waals surface area contributed by atoms with E-state index in [4.69, 9.17) is 0 Å². The molecule has 1 aromatic heterocycles. The largest absolute Gasteiger partial charge is 0.295 e. The molecule has 0 spiro atoms. The first-order valence-corrected chi connectivity index (χ1v) is 6.01. The van der Waals surface area contributed by atoms with Crippen LogP contribution in [0.3, 0.4) is 0 Å². The van der Waals surface area contributed by atoms with Gasteiger partial charge in [0.2, 0.25) is 0 Å². The normalized spacial score (nSPS) is 18.5. The number of nitrogens with zero attached hydrogens (tertiary/aromatic N) is 3. The molecule has 1 N–H and O–H groups in total. The molecule has 0 aromatic carbocycles. The minimum Gasteiger partial charge on any atom is -0.295 e. The molecule has 0 saturated heterocycles. The zero-order valence-corrected chi connectivity index (χ0v) is 9.69. The lowest BCUT2D eigenvalue weighted by Gasteiger charge is -2.15. The predicted molar refractivity (Wildman–Crippen MR) is 61.6 cm³/mol. The van der Waals surface area contributed by atoms with Crippen molar-refractivity contribution in [2.24, 2.45) is 0 Å². The van der Waals surface area contributed by atoms with Crippen LogP contribution in [0.4, 0.5) is 0 Å². The summed E-state index contributed by atoms with van der Waals surface area (Å²) in [4.78, 5) is 0. The summed E-state index contributed by atoms with van der Waals surface area (Å²) in [6.45, 7) is 2.89. The summed E-state index contributed by atoms with van der Waals surface area (Å²) in [6, 6.07) is 2.62. The van der Waals surface area contributed by atoms with Gasteiger partial charge in [0.05, 0.1) is 12.3 Å². The van der Waals surface area contributed by atoms with Crippen molar-refractivity contribution in [2.45, 2.75) is 51.2 Å². The highest BCUT2D eigenvalue weighted by atomic mass is 15.3. The van der Waals surface area contributed by atoms with Crippen molar-refractivity contribution in [1.82, 2.24) is 15.1 Å². The monoisotopic (exact) mass is 218 g/mol. The van der Waals surface area contributed by atoms with Crippen LogP contribution in [0.5, 0.6) is 0 Å². The molecule has 1 aromatic rings. The molecule has 4 nitrogen and oxygen atoms in total. The van der Waals surface area contributed by atoms with Gasteiger partial charge in [-0.05, 0) is 19.8 Å². The molecular formula is C12H18N4. The van der Waals surface area contributed by atoms with E-state index in [1.165, 1.54) is 25.7 Å². The van der Waals surface area contributed by atoms with Gasteiger partial charge in [-0.3, -0.25) is 10.00 Å². The molecule has 2 rings (SSSR count). The summed E-state index contributed by atoms with van der Waals surface area (Å²) in [7, 11) is 0. The Morgan fingerprint density at radius 3 is 2.94 bits per heavy atom. The van der Waals surface area contributed by atoms with Crippen LogP contribution < -0.4 is 5.32 Å². The Bertz CT molecular complexity index is 371. The van der Waals surface area contributed by atoms with E-state index in [1.54, 1.807) is 6.20 Å². The summed E-state index contributed by atoms with van der Waals surface area (Å²) >= 11 is 0. The van der Waals surface area contributed by atoms with E-state index in [0.29, 0.717) is 6.04 Å². The van der Waals surface area contributed by atoms with Crippen LogP contribution in [-0.4, -0.2) is 15.8 Å². The molecule has 86 valence electrons. The summed E-state index contributed by atoms with van der Waals surface area (Å²) in [5.41, 5.74) is 0.983. The topological polar surface area (TPSA) is 53.6 Å². The lowest BCUT2D eigenvalue weighted by atomic mass is 10.1. The Morgan fingerprint density at radius 1 is 1.62 bits per heavy atom. The molecule has 1 atom stereocenters. The van der Waals surface area contributed by atoms with Crippen LogP contribution in [0.15, 0.2) is 12.4 Å². The SMILES string of the molecule is CCn1cc(C(C#N)NC2CCCC2)cn1. The minimum absolute atomic E-state index is 0.205. The van der Waals surface area contributed by atoms with Crippen molar-refractivity contribution in [3.63, 3.8) is 0 Å². The summed E-state index contributed by atoms with van der Waals surface area (Å²) in [5, 5.41) is 16.8. The van der Waals surface area contributed by atoms with E-state index in [0.717, 1.165) is 12.1 Å². The van der Waals surface area contributed by atoms with Crippen molar-refractivity contribution in [2.75, 3.05) is 0 Å². The quantitative estimate of drug-likeness (QED) is 0.841. The van der Waals surface area contributed by atoms with Gasteiger partial charge in [-0.25, -0.2) is 0 Å². The fourth-order valence-electron chi connectivity index (χ4n) is 2.24. The van der Waals surface area contributed by atoms with Crippen LogP contribution in [0.25, 0.3) is 0 Å². The number of nitrogens with one attached hydrogen (secondary N) is 1. The van der Waals surface area contributed by atoms with Gasteiger partial charge in [-0.1, -0.05) is 12.8 Å². The van der Waals surface area contributed by atoms with E-state index >= 15 is 0 Å². The first-order chi connectivity index (χ1) is 7.83. The van der Waals surface area contributed by atoms with Gasteiger partial charge in [-0.15, -0.1) is 0 Å². The third-order valence-electron chi connectivity index (χ3n) is 3.20. The molecule has 1 saturated carbocycles. The molecule has 1 unspecified atom stereocenters. The summed E-state index contributed by atoms with van der Waals surface area (Å²) in [5.74, 6) is 0. The molecule has 1 aliphatic rings. The van der Waals surface area contributed by atoms with E-state index in [1.807, 2.05) is 17.8 Å². The van der Waals surface area contributed by atoms with Crippen LogP contribution in [0.1, 0.15) is 44.2 Å². The van der Waals surface area contributed by atoms with Gasteiger partial charge in [0, 0.05) is 24.3 Å². The second-order valence-corrected chi connectivity index (χ2v) is 4.34. The van der Waals surface area contributed by atoms with Crippen molar-refractivity contribution < 1.29 is 0 Å². The maximum absolute atomic E-state index is 9.17. The molecule has 0 amide bonds. The smallest absolute Gasteiger partial charge is 0.124 e. The van der Waals surface area contributed by atoms with Gasteiger partial charge in [0.25, 0.3) is 0 Å². The van der Waals surface area contributed by atoms with E-state index < -0.39 is 0 Å². The number of rotatable bonds is 4. The molecule has 4 heteroatoms. The maximum Gasteiger partial charge on any atom is 0.124 e. The molecule has 0 radical (unpaired) electrons. The van der Waals surface area contributed by atoms with E-state index in [-0.39, 0.29) is 6.04 Å². The Morgan fingerprint density at radius 2 is 2.38 bits per heavy atom. The number of aryl methyl sites for hydroxylation is 1. The maximum atomic E-state index is 9.17. The lowest BCUT2D eigenvalue weighted by Crippen LogP contribution is -2.29. The predicted octanol–water partition coefficient (Wildman–Crippen LogP) is 2.00. The Labute approximate surface area is 96.3 Å². The molecule has 0 bridgehead atoms. The van der Waals surface area contributed by atoms with Crippen LogP contribution >= 0.6 is 0 Å².